The molecule has 2 aliphatic heterocycles. The summed E-state index contributed by atoms with van der Waals surface area (Å²) in [6, 6.07) is 9.08. The molecule has 0 saturated heterocycles. The van der Waals surface area contributed by atoms with Gasteiger partial charge in [0.25, 0.3) is 0 Å². The molecule has 6 rings (SSSR count). The number of hydrogen-bond acceptors (Lipinski definition) is 2. The number of para-hydroxylation sites is 1. The van der Waals surface area contributed by atoms with Gasteiger partial charge in [-0.15, -0.1) is 0 Å². The Balaban J connectivity index is 1.79. The Morgan fingerprint density at radius 2 is 1.26 bits per heavy atom. The normalized spacial score (nSPS) is 30.2. The largest absolute Gasteiger partial charge is 0.352 e. The molecule has 1 aromatic carbocycles. The predicted octanol–water partition coefficient (Wildman–Crippen LogP) is 2.05. The third kappa shape index (κ3) is 1.34. The minimum absolute atomic E-state index is 0.0427. The standard InChI is InChI=1S/C18H17N3O2/c1-10-11(2)16-14-9-8-13(15(10)16)20-17(22)19(18(23)21(14)20)12-6-4-3-5-7-12/h3-9,13-16H,1-2H3/t13-,14-,15+,16+/m1/s1. The lowest BCUT2D eigenvalue weighted by Crippen LogP contribution is -2.53. The van der Waals surface area contributed by atoms with E-state index in [1.807, 2.05) is 18.2 Å². The van der Waals surface area contributed by atoms with Crippen molar-refractivity contribution in [3.8, 4) is 5.69 Å². The summed E-state index contributed by atoms with van der Waals surface area (Å²) in [7, 11) is 0. The lowest BCUT2D eigenvalue weighted by atomic mass is 9.59. The molecule has 2 aromatic rings. The van der Waals surface area contributed by atoms with Gasteiger partial charge in [0.05, 0.1) is 17.8 Å². The fourth-order valence-electron chi connectivity index (χ4n) is 4.65. The van der Waals surface area contributed by atoms with Gasteiger partial charge in [-0.2, -0.15) is 0 Å². The van der Waals surface area contributed by atoms with Crippen molar-refractivity contribution in [3.05, 3.63) is 74.6 Å². The van der Waals surface area contributed by atoms with Gasteiger partial charge in [0, 0.05) is 11.8 Å². The van der Waals surface area contributed by atoms with E-state index in [0.717, 1.165) is 0 Å². The molecule has 2 bridgehead atoms. The second-order valence-electron chi connectivity index (χ2n) is 6.71. The fraction of sp³-hybridized carbons (Fsp3) is 0.333. The van der Waals surface area contributed by atoms with E-state index in [1.165, 1.54) is 15.7 Å². The van der Waals surface area contributed by atoms with Crippen molar-refractivity contribution in [1.82, 2.24) is 13.9 Å². The number of aromatic nitrogens is 3. The molecule has 23 heavy (non-hydrogen) atoms. The van der Waals surface area contributed by atoms with E-state index < -0.39 is 0 Å². The molecule has 0 N–H and O–H groups in total. The number of rotatable bonds is 1. The molecule has 0 fully saturated rings. The summed E-state index contributed by atoms with van der Waals surface area (Å²) < 4.78 is 4.62. The molecule has 0 spiro atoms. The summed E-state index contributed by atoms with van der Waals surface area (Å²) >= 11 is 0. The zero-order valence-corrected chi connectivity index (χ0v) is 13.0. The van der Waals surface area contributed by atoms with Gasteiger partial charge in [-0.3, -0.25) is 0 Å². The molecule has 5 nitrogen and oxygen atoms in total. The molecule has 3 heterocycles. The van der Waals surface area contributed by atoms with Crippen LogP contribution in [0.1, 0.15) is 25.9 Å². The first-order valence-electron chi connectivity index (χ1n) is 7.98. The molecule has 0 saturated carbocycles. The molecule has 4 aliphatic rings. The summed E-state index contributed by atoms with van der Waals surface area (Å²) in [5.41, 5.74) is 2.89. The van der Waals surface area contributed by atoms with E-state index in [0.29, 0.717) is 17.5 Å². The average molecular weight is 307 g/mol. The van der Waals surface area contributed by atoms with Crippen LogP contribution in [0.3, 0.4) is 0 Å². The van der Waals surface area contributed by atoms with E-state index in [9.17, 15) is 9.59 Å². The van der Waals surface area contributed by atoms with E-state index >= 15 is 0 Å². The van der Waals surface area contributed by atoms with E-state index in [2.05, 4.69) is 26.0 Å². The van der Waals surface area contributed by atoms with Crippen LogP contribution < -0.4 is 11.4 Å². The summed E-state index contributed by atoms with van der Waals surface area (Å²) in [5, 5.41) is 0. The SMILES string of the molecule is CC1=C(C)[C@@H]2[C@@H]1[C@H]1C=C[C@H]2n2c(=O)n(-c3ccccc3)c(=O)n21. The summed E-state index contributed by atoms with van der Waals surface area (Å²) in [5.74, 6) is 0.711. The lowest BCUT2D eigenvalue weighted by molar-refractivity contribution is 0.114. The van der Waals surface area contributed by atoms with Crippen molar-refractivity contribution in [1.29, 1.82) is 0 Å². The number of allylic oxidation sites excluding steroid dienone is 4. The van der Waals surface area contributed by atoms with Gasteiger partial charge < -0.3 is 0 Å². The Labute approximate surface area is 132 Å². The van der Waals surface area contributed by atoms with Gasteiger partial charge >= 0.3 is 11.4 Å². The Morgan fingerprint density at radius 3 is 1.74 bits per heavy atom. The van der Waals surface area contributed by atoms with E-state index in [1.54, 1.807) is 21.5 Å². The van der Waals surface area contributed by atoms with Gasteiger partial charge in [-0.05, 0) is 26.0 Å². The number of hydrogen-bond donors (Lipinski definition) is 0. The number of benzene rings is 1. The Bertz CT molecular complexity index is 944. The first-order chi connectivity index (χ1) is 11.1. The average Bonchev–Trinajstić information content (AvgIpc) is 2.87. The maximum atomic E-state index is 12.9. The highest BCUT2D eigenvalue weighted by molar-refractivity contribution is 5.40. The molecule has 2 aliphatic carbocycles. The zero-order valence-electron chi connectivity index (χ0n) is 13.0. The summed E-state index contributed by atoms with van der Waals surface area (Å²) in [6.07, 6.45) is 4.19. The molecular weight excluding hydrogens is 290 g/mol. The Morgan fingerprint density at radius 1 is 0.783 bits per heavy atom. The predicted molar refractivity (Wildman–Crippen MR) is 86.9 cm³/mol. The maximum Gasteiger partial charge on any atom is 0.352 e. The molecular formula is C18H17N3O2. The molecule has 4 atom stereocenters. The van der Waals surface area contributed by atoms with Crippen molar-refractivity contribution in [2.75, 3.05) is 0 Å². The first-order valence-corrected chi connectivity index (χ1v) is 7.98. The summed E-state index contributed by atoms with van der Waals surface area (Å²) in [6.45, 7) is 4.29. The monoisotopic (exact) mass is 307 g/mol. The van der Waals surface area contributed by atoms with Crippen LogP contribution in [0.2, 0.25) is 0 Å². The number of nitrogens with zero attached hydrogens (tertiary/aromatic N) is 3. The molecule has 1 aromatic heterocycles. The maximum absolute atomic E-state index is 12.9. The second-order valence-corrected chi connectivity index (χ2v) is 6.71. The van der Waals surface area contributed by atoms with Crippen LogP contribution in [0.15, 0.2) is 63.2 Å². The van der Waals surface area contributed by atoms with Crippen LogP contribution in [0.4, 0.5) is 0 Å². The Hall–Kier alpha value is -2.56. The third-order valence-corrected chi connectivity index (χ3v) is 5.84. The molecule has 0 radical (unpaired) electrons. The van der Waals surface area contributed by atoms with E-state index in [-0.39, 0.29) is 23.5 Å². The van der Waals surface area contributed by atoms with Crippen molar-refractivity contribution >= 4 is 0 Å². The van der Waals surface area contributed by atoms with Crippen molar-refractivity contribution in [2.45, 2.75) is 25.9 Å². The van der Waals surface area contributed by atoms with Gasteiger partial charge in [-0.1, -0.05) is 41.5 Å². The highest BCUT2D eigenvalue weighted by atomic mass is 16.2. The third-order valence-electron chi connectivity index (χ3n) is 5.84. The first kappa shape index (κ1) is 12.9. The van der Waals surface area contributed by atoms with Crippen LogP contribution in [-0.4, -0.2) is 13.9 Å². The van der Waals surface area contributed by atoms with Crippen LogP contribution in [-0.2, 0) is 0 Å². The van der Waals surface area contributed by atoms with Gasteiger partial charge in [0.1, 0.15) is 0 Å². The van der Waals surface area contributed by atoms with Crippen molar-refractivity contribution in [3.63, 3.8) is 0 Å². The summed E-state index contributed by atoms with van der Waals surface area (Å²) in [4.78, 5) is 25.9. The smallest absolute Gasteiger partial charge is 0.245 e. The molecule has 116 valence electrons. The highest BCUT2D eigenvalue weighted by Crippen LogP contribution is 2.56. The quantitative estimate of drug-likeness (QED) is 0.757. The molecule has 0 unspecified atom stereocenters. The highest BCUT2D eigenvalue weighted by Gasteiger charge is 2.53. The van der Waals surface area contributed by atoms with Crippen molar-refractivity contribution < 1.29 is 0 Å². The minimum Gasteiger partial charge on any atom is -0.245 e. The second kappa shape index (κ2) is 4.04. The van der Waals surface area contributed by atoms with Crippen LogP contribution in [0, 0.1) is 11.8 Å². The molecule has 0 amide bonds. The zero-order chi connectivity index (χ0) is 15.9. The van der Waals surface area contributed by atoms with Gasteiger partial charge in [0.2, 0.25) is 0 Å². The van der Waals surface area contributed by atoms with Crippen LogP contribution >= 0.6 is 0 Å². The van der Waals surface area contributed by atoms with E-state index in [4.69, 9.17) is 0 Å². The Kier molecular flexibility index (Phi) is 2.27. The van der Waals surface area contributed by atoms with Gasteiger partial charge in [0.15, 0.2) is 0 Å². The topological polar surface area (TPSA) is 48.9 Å². The van der Waals surface area contributed by atoms with Crippen molar-refractivity contribution in [2.24, 2.45) is 11.8 Å². The lowest BCUT2D eigenvalue weighted by Gasteiger charge is -2.53. The van der Waals surface area contributed by atoms with Gasteiger partial charge in [-0.25, -0.2) is 23.5 Å². The van der Waals surface area contributed by atoms with Crippen LogP contribution in [0.25, 0.3) is 5.69 Å². The molecule has 5 heteroatoms. The fourth-order valence-corrected chi connectivity index (χ4v) is 4.65. The minimum atomic E-state index is -0.239. The van der Waals surface area contributed by atoms with Crippen LogP contribution in [0.5, 0.6) is 0 Å².